The Kier molecular flexibility index (Phi) is 12.9. The largest absolute Gasteiger partial charge is 0.375 e. The van der Waals surface area contributed by atoms with Gasteiger partial charge in [0.05, 0.1) is 39.1 Å². The number of rotatable bonds is 16. The van der Waals surface area contributed by atoms with Crippen LogP contribution < -0.4 is 10.6 Å². The molecule has 1 fully saturated rings. The topological polar surface area (TPSA) is 77.5 Å². The summed E-state index contributed by atoms with van der Waals surface area (Å²) >= 11 is 0. The van der Waals surface area contributed by atoms with Crippen molar-refractivity contribution < 1.29 is 28.7 Å². The molecule has 0 spiro atoms. The standard InChI is InChI=1S/C46H46NO6P/c48-47-42(35-50-31-36-19-7-1-8-20-36)43(51-32-37-21-9-2-10-22-37)44(52-33-38-23-11-3-12-24-38)45(53-34-39-25-13-4-14-26-39)46(47)54(49,40-27-15-5-16-28-40)41-29-17-6-18-30-41/h1-30,42-46,48H,31-35H2/t42-,43+,44+,45-,46?/m1/s1. The average molecular weight is 740 g/mol. The van der Waals surface area contributed by atoms with E-state index in [4.69, 9.17) is 18.9 Å². The second-order valence-electron chi connectivity index (χ2n) is 13.5. The molecular weight excluding hydrogens is 693 g/mol. The monoisotopic (exact) mass is 739 g/mol. The first-order valence-corrected chi connectivity index (χ1v) is 20.2. The summed E-state index contributed by atoms with van der Waals surface area (Å²) in [7, 11) is -3.74. The van der Waals surface area contributed by atoms with Crippen LogP contribution in [-0.4, -0.2) is 47.0 Å². The van der Waals surface area contributed by atoms with E-state index in [0.717, 1.165) is 22.3 Å². The molecule has 0 amide bonds. The highest BCUT2D eigenvalue weighted by Crippen LogP contribution is 2.55. The Morgan fingerprint density at radius 2 is 0.778 bits per heavy atom. The van der Waals surface area contributed by atoms with Crippen LogP contribution in [0.25, 0.3) is 0 Å². The molecule has 0 saturated carbocycles. The highest BCUT2D eigenvalue weighted by Gasteiger charge is 2.58. The molecule has 0 bridgehead atoms. The molecule has 7 nitrogen and oxygen atoms in total. The summed E-state index contributed by atoms with van der Waals surface area (Å²) in [6.45, 7) is 1.09. The molecule has 1 aliphatic heterocycles. The zero-order chi connectivity index (χ0) is 37.0. The lowest BCUT2D eigenvalue weighted by Gasteiger charge is -2.52. The van der Waals surface area contributed by atoms with Gasteiger partial charge in [-0.25, -0.2) is 0 Å². The Labute approximate surface area is 318 Å². The molecule has 7 rings (SSSR count). The van der Waals surface area contributed by atoms with Crippen LogP contribution in [0.3, 0.4) is 0 Å². The van der Waals surface area contributed by atoms with Crippen LogP contribution in [0.5, 0.6) is 0 Å². The van der Waals surface area contributed by atoms with E-state index in [1.165, 1.54) is 5.06 Å². The van der Waals surface area contributed by atoms with Gasteiger partial charge in [0.15, 0.2) is 7.14 Å². The van der Waals surface area contributed by atoms with E-state index >= 15 is 4.57 Å². The van der Waals surface area contributed by atoms with Gasteiger partial charge in [-0.3, -0.25) is 0 Å². The molecule has 1 unspecified atom stereocenters. The number of hydrogen-bond donors (Lipinski definition) is 1. The lowest BCUT2D eigenvalue weighted by atomic mass is 9.94. The highest BCUT2D eigenvalue weighted by molar-refractivity contribution is 7.79. The third-order valence-corrected chi connectivity index (χ3v) is 13.2. The minimum atomic E-state index is -3.74. The molecule has 0 aromatic heterocycles. The maximum atomic E-state index is 16.3. The lowest BCUT2D eigenvalue weighted by molar-refractivity contribution is -0.283. The fraction of sp³-hybridized carbons (Fsp3) is 0.217. The molecule has 6 aromatic rings. The molecule has 1 heterocycles. The second kappa shape index (κ2) is 18.6. The maximum absolute atomic E-state index is 16.3. The van der Waals surface area contributed by atoms with E-state index in [9.17, 15) is 5.21 Å². The third kappa shape index (κ3) is 8.98. The molecular formula is C46H46NO6P. The van der Waals surface area contributed by atoms with Crippen LogP contribution >= 0.6 is 7.14 Å². The summed E-state index contributed by atoms with van der Waals surface area (Å²) in [4.78, 5) is 0. The van der Waals surface area contributed by atoms with Crippen molar-refractivity contribution in [1.29, 1.82) is 0 Å². The summed E-state index contributed by atoms with van der Waals surface area (Å²) in [6.07, 6.45) is -2.46. The Morgan fingerprint density at radius 3 is 1.19 bits per heavy atom. The number of piperidine rings is 1. The van der Waals surface area contributed by atoms with E-state index in [0.29, 0.717) is 17.2 Å². The van der Waals surface area contributed by atoms with E-state index in [1.54, 1.807) is 0 Å². The van der Waals surface area contributed by atoms with Crippen LogP contribution in [0, 0.1) is 0 Å². The lowest BCUT2D eigenvalue weighted by Crippen LogP contribution is -2.68. The summed E-state index contributed by atoms with van der Waals surface area (Å²) in [5.41, 5.74) is 3.87. The minimum absolute atomic E-state index is 0.0710. The van der Waals surface area contributed by atoms with E-state index in [-0.39, 0.29) is 26.4 Å². The van der Waals surface area contributed by atoms with Crippen molar-refractivity contribution in [1.82, 2.24) is 5.06 Å². The van der Waals surface area contributed by atoms with E-state index in [2.05, 4.69) is 0 Å². The normalized spacial score (nSPS) is 20.4. The van der Waals surface area contributed by atoms with Crippen LogP contribution in [0.15, 0.2) is 182 Å². The molecule has 5 atom stereocenters. The number of hydroxylamine groups is 2. The summed E-state index contributed by atoms with van der Waals surface area (Å²) in [6, 6.07) is 57.7. The number of nitrogens with zero attached hydrogens (tertiary/aromatic N) is 1. The summed E-state index contributed by atoms with van der Waals surface area (Å²) in [5, 5.41) is 15.2. The van der Waals surface area contributed by atoms with Gasteiger partial charge in [0.1, 0.15) is 24.1 Å². The Morgan fingerprint density at radius 1 is 0.444 bits per heavy atom. The van der Waals surface area contributed by atoms with Crippen molar-refractivity contribution in [2.45, 2.75) is 56.6 Å². The molecule has 0 radical (unpaired) electrons. The molecule has 8 heteroatoms. The predicted octanol–water partition coefficient (Wildman–Crippen LogP) is 8.37. The van der Waals surface area contributed by atoms with Gasteiger partial charge in [-0.2, -0.15) is 5.06 Å². The molecule has 6 aromatic carbocycles. The quantitative estimate of drug-likeness (QED) is 0.100. The second-order valence-corrected chi connectivity index (χ2v) is 16.4. The Bertz CT molecular complexity index is 1980. The Hall–Kier alpha value is -4.69. The maximum Gasteiger partial charge on any atom is 0.164 e. The molecule has 276 valence electrons. The zero-order valence-electron chi connectivity index (χ0n) is 30.1. The molecule has 1 N–H and O–H groups in total. The van der Waals surface area contributed by atoms with E-state index < -0.39 is 37.3 Å². The third-order valence-electron chi connectivity index (χ3n) is 9.84. The van der Waals surface area contributed by atoms with Gasteiger partial charge in [-0.05, 0) is 22.3 Å². The number of hydrogen-bond acceptors (Lipinski definition) is 7. The molecule has 54 heavy (non-hydrogen) atoms. The summed E-state index contributed by atoms with van der Waals surface area (Å²) in [5.74, 6) is -1.08. The zero-order valence-corrected chi connectivity index (χ0v) is 31.0. The SMILES string of the molecule is O=P(c1ccccc1)(c1ccccc1)C1[C@H](OCc2ccccc2)[C@@H](OCc2ccccc2)[C@@H](OCc2ccccc2)[C@@H](COCc2ccccc2)N1O. The van der Waals surface area contributed by atoms with Crippen molar-refractivity contribution in [2.75, 3.05) is 6.61 Å². The predicted molar refractivity (Wildman–Crippen MR) is 212 cm³/mol. The smallest absolute Gasteiger partial charge is 0.164 e. The summed E-state index contributed by atoms with van der Waals surface area (Å²) < 4.78 is 43.4. The van der Waals surface area contributed by atoms with Crippen molar-refractivity contribution in [3.05, 3.63) is 204 Å². The molecule has 1 saturated heterocycles. The fourth-order valence-electron chi connectivity index (χ4n) is 7.12. The van der Waals surface area contributed by atoms with Gasteiger partial charge < -0.3 is 28.7 Å². The number of benzene rings is 6. The van der Waals surface area contributed by atoms with Gasteiger partial charge in [0.25, 0.3) is 0 Å². The average Bonchev–Trinajstić information content (AvgIpc) is 3.24. The van der Waals surface area contributed by atoms with Crippen molar-refractivity contribution in [2.24, 2.45) is 0 Å². The fourth-order valence-corrected chi connectivity index (χ4v) is 10.4. The Balaban J connectivity index is 1.36. The van der Waals surface area contributed by atoms with Gasteiger partial charge >= 0.3 is 0 Å². The van der Waals surface area contributed by atoms with E-state index in [1.807, 2.05) is 182 Å². The van der Waals surface area contributed by atoms with Crippen LogP contribution in [0.4, 0.5) is 0 Å². The number of ether oxygens (including phenoxy) is 4. The first kappa shape index (κ1) is 37.6. The highest BCUT2D eigenvalue weighted by atomic mass is 31.2. The van der Waals surface area contributed by atoms with Crippen LogP contribution in [0.1, 0.15) is 22.3 Å². The molecule has 1 aliphatic rings. The van der Waals surface area contributed by atoms with Gasteiger partial charge in [-0.15, -0.1) is 0 Å². The molecule has 0 aliphatic carbocycles. The first-order chi connectivity index (χ1) is 26.6. The minimum Gasteiger partial charge on any atom is -0.375 e. The van der Waals surface area contributed by atoms with Crippen molar-refractivity contribution in [3.8, 4) is 0 Å². The van der Waals surface area contributed by atoms with Crippen LogP contribution in [-0.2, 0) is 49.9 Å². The van der Waals surface area contributed by atoms with Crippen LogP contribution in [0.2, 0.25) is 0 Å². The van der Waals surface area contributed by atoms with Crippen molar-refractivity contribution >= 4 is 17.8 Å². The first-order valence-electron chi connectivity index (χ1n) is 18.4. The van der Waals surface area contributed by atoms with Gasteiger partial charge in [-0.1, -0.05) is 182 Å². The van der Waals surface area contributed by atoms with Gasteiger partial charge in [0.2, 0.25) is 0 Å². The van der Waals surface area contributed by atoms with Crippen molar-refractivity contribution in [3.63, 3.8) is 0 Å². The van der Waals surface area contributed by atoms with Gasteiger partial charge in [0, 0.05) is 10.6 Å².